The van der Waals surface area contributed by atoms with Gasteiger partial charge in [0.2, 0.25) is 11.9 Å². The smallest absolute Gasteiger partial charge is 0.226 e. The molecule has 1 aliphatic heterocycles. The summed E-state index contributed by atoms with van der Waals surface area (Å²) in [5.41, 5.74) is 4.32. The Morgan fingerprint density at radius 2 is 2.00 bits per heavy atom. The van der Waals surface area contributed by atoms with Crippen molar-refractivity contribution in [3.8, 4) is 0 Å². The third-order valence-corrected chi connectivity index (χ3v) is 7.38. The summed E-state index contributed by atoms with van der Waals surface area (Å²) in [5.74, 6) is 1.24. The fourth-order valence-corrected chi connectivity index (χ4v) is 5.49. The lowest BCUT2D eigenvalue weighted by atomic mass is 9.88. The maximum Gasteiger partial charge on any atom is 0.226 e. The Hall–Kier alpha value is -2.70. The van der Waals surface area contributed by atoms with Crippen LogP contribution in [0.3, 0.4) is 0 Å². The quantitative estimate of drug-likeness (QED) is 0.568. The van der Waals surface area contributed by atoms with Crippen molar-refractivity contribution in [1.82, 2.24) is 24.6 Å². The fourth-order valence-electron chi connectivity index (χ4n) is 5.49. The van der Waals surface area contributed by atoms with Gasteiger partial charge in [0.05, 0.1) is 17.1 Å². The van der Waals surface area contributed by atoms with Crippen LogP contribution in [0.1, 0.15) is 89.8 Å². The first-order valence-corrected chi connectivity index (χ1v) is 12.9. The van der Waals surface area contributed by atoms with Gasteiger partial charge in [0.25, 0.3) is 0 Å². The SMILES string of the molecule is CCCCNc1ncc2c(C3=CC=C(N4CCCC4=O)CC3C)nn(C3CCCCC3)c2n1. The molecule has 2 aromatic heterocycles. The number of allylic oxidation sites excluding steroid dienone is 4. The number of rotatable bonds is 7. The molecule has 2 fully saturated rings. The lowest BCUT2D eigenvalue weighted by Crippen LogP contribution is -2.26. The zero-order valence-electron chi connectivity index (χ0n) is 20.0. The molecule has 1 amide bonds. The molecule has 7 nitrogen and oxygen atoms in total. The minimum absolute atomic E-state index is 0.258. The van der Waals surface area contributed by atoms with Crippen LogP contribution in [-0.2, 0) is 4.79 Å². The van der Waals surface area contributed by atoms with E-state index in [2.05, 4.69) is 41.0 Å². The average molecular weight is 449 g/mol. The Morgan fingerprint density at radius 1 is 1.15 bits per heavy atom. The van der Waals surface area contributed by atoms with Crippen molar-refractivity contribution < 1.29 is 4.79 Å². The Bertz CT molecular complexity index is 1080. The van der Waals surface area contributed by atoms with Crippen LogP contribution in [0.2, 0.25) is 0 Å². The molecule has 1 saturated carbocycles. The number of carbonyl (C=O) groups excluding carboxylic acids is 1. The number of unbranched alkanes of at least 4 members (excludes halogenated alkanes) is 1. The van der Waals surface area contributed by atoms with Gasteiger partial charge in [-0.15, -0.1) is 0 Å². The number of hydrogen-bond donors (Lipinski definition) is 1. The van der Waals surface area contributed by atoms with Gasteiger partial charge in [0, 0.05) is 31.4 Å². The first-order chi connectivity index (χ1) is 16.2. The molecular formula is C26H36N6O. The summed E-state index contributed by atoms with van der Waals surface area (Å²) in [4.78, 5) is 23.8. The molecule has 1 N–H and O–H groups in total. The van der Waals surface area contributed by atoms with E-state index in [4.69, 9.17) is 10.1 Å². The van der Waals surface area contributed by atoms with Gasteiger partial charge < -0.3 is 10.2 Å². The molecular weight excluding hydrogens is 412 g/mol. The fraction of sp³-hybridized carbons (Fsp3) is 0.615. The summed E-state index contributed by atoms with van der Waals surface area (Å²) < 4.78 is 2.19. The van der Waals surface area contributed by atoms with E-state index >= 15 is 0 Å². The Morgan fingerprint density at radius 3 is 2.73 bits per heavy atom. The minimum Gasteiger partial charge on any atom is -0.354 e. The van der Waals surface area contributed by atoms with Crippen LogP contribution in [0, 0.1) is 5.92 Å². The normalized spacial score (nSPS) is 22.1. The summed E-state index contributed by atoms with van der Waals surface area (Å²) in [6.45, 7) is 6.17. The predicted octanol–water partition coefficient (Wildman–Crippen LogP) is 5.47. The van der Waals surface area contributed by atoms with Gasteiger partial charge in [0.1, 0.15) is 0 Å². The average Bonchev–Trinajstić information content (AvgIpc) is 3.43. The molecule has 176 valence electrons. The summed E-state index contributed by atoms with van der Waals surface area (Å²) in [5, 5.41) is 9.59. The second-order valence-electron chi connectivity index (χ2n) is 9.83. The molecule has 0 bridgehead atoms. The number of nitrogens with zero attached hydrogens (tertiary/aromatic N) is 5. The van der Waals surface area contributed by atoms with Crippen molar-refractivity contribution >= 4 is 28.5 Å². The number of nitrogens with one attached hydrogen (secondary N) is 1. The van der Waals surface area contributed by atoms with Gasteiger partial charge in [-0.1, -0.05) is 45.6 Å². The van der Waals surface area contributed by atoms with E-state index in [0.29, 0.717) is 24.3 Å². The highest BCUT2D eigenvalue weighted by Crippen LogP contribution is 2.39. The molecule has 5 rings (SSSR count). The van der Waals surface area contributed by atoms with E-state index in [-0.39, 0.29) is 5.91 Å². The monoisotopic (exact) mass is 448 g/mol. The second-order valence-corrected chi connectivity index (χ2v) is 9.83. The van der Waals surface area contributed by atoms with Crippen molar-refractivity contribution in [2.75, 3.05) is 18.4 Å². The first kappa shape index (κ1) is 22.1. The van der Waals surface area contributed by atoms with Gasteiger partial charge in [-0.25, -0.2) is 9.67 Å². The number of hydrogen-bond acceptors (Lipinski definition) is 5. The second kappa shape index (κ2) is 9.65. The predicted molar refractivity (Wildman–Crippen MR) is 132 cm³/mol. The van der Waals surface area contributed by atoms with E-state index in [1.54, 1.807) is 0 Å². The van der Waals surface area contributed by atoms with Gasteiger partial charge in [-0.2, -0.15) is 10.1 Å². The largest absolute Gasteiger partial charge is 0.354 e. The molecule has 3 aliphatic rings. The molecule has 7 heteroatoms. The van der Waals surface area contributed by atoms with Crippen molar-refractivity contribution in [3.05, 3.63) is 29.7 Å². The van der Waals surface area contributed by atoms with Crippen molar-refractivity contribution in [2.24, 2.45) is 5.92 Å². The Balaban J connectivity index is 1.52. The maximum absolute atomic E-state index is 12.2. The molecule has 0 radical (unpaired) electrons. The topological polar surface area (TPSA) is 75.9 Å². The third-order valence-electron chi connectivity index (χ3n) is 7.38. The number of likely N-dealkylation sites (tertiary alicyclic amines) is 1. The molecule has 1 unspecified atom stereocenters. The number of aromatic nitrogens is 4. The van der Waals surface area contributed by atoms with Crippen molar-refractivity contribution in [1.29, 1.82) is 0 Å². The molecule has 0 spiro atoms. The lowest BCUT2D eigenvalue weighted by molar-refractivity contribution is -0.126. The highest BCUT2D eigenvalue weighted by molar-refractivity contribution is 5.90. The molecule has 33 heavy (non-hydrogen) atoms. The van der Waals surface area contributed by atoms with Gasteiger partial charge in [-0.05, 0) is 49.7 Å². The van der Waals surface area contributed by atoms with E-state index in [0.717, 1.165) is 74.0 Å². The molecule has 2 aromatic rings. The minimum atomic E-state index is 0.258. The van der Waals surface area contributed by atoms with Gasteiger partial charge in [-0.3, -0.25) is 4.79 Å². The number of amides is 1. The summed E-state index contributed by atoms with van der Waals surface area (Å²) in [6.07, 6.45) is 17.1. The van der Waals surface area contributed by atoms with Crippen LogP contribution in [0.15, 0.2) is 24.0 Å². The van der Waals surface area contributed by atoms with Crippen LogP contribution < -0.4 is 5.32 Å². The van der Waals surface area contributed by atoms with Crippen LogP contribution in [0.4, 0.5) is 5.95 Å². The van der Waals surface area contributed by atoms with E-state index in [1.807, 2.05) is 11.1 Å². The zero-order valence-corrected chi connectivity index (χ0v) is 20.0. The maximum atomic E-state index is 12.2. The zero-order chi connectivity index (χ0) is 22.8. The first-order valence-electron chi connectivity index (χ1n) is 12.9. The number of fused-ring (bicyclic) bond motifs is 1. The third kappa shape index (κ3) is 4.42. The summed E-state index contributed by atoms with van der Waals surface area (Å²) in [6, 6.07) is 0.404. The van der Waals surface area contributed by atoms with Crippen LogP contribution >= 0.6 is 0 Å². The van der Waals surface area contributed by atoms with Crippen LogP contribution in [-0.4, -0.2) is 43.6 Å². The molecule has 1 atom stereocenters. The number of anilines is 1. The van der Waals surface area contributed by atoms with Crippen molar-refractivity contribution in [3.63, 3.8) is 0 Å². The highest BCUT2D eigenvalue weighted by atomic mass is 16.2. The molecule has 1 saturated heterocycles. The Labute approximate surface area is 196 Å². The molecule has 0 aromatic carbocycles. The van der Waals surface area contributed by atoms with E-state index in [9.17, 15) is 4.79 Å². The van der Waals surface area contributed by atoms with Crippen LogP contribution in [0.25, 0.3) is 16.6 Å². The number of carbonyl (C=O) groups is 1. The highest BCUT2D eigenvalue weighted by Gasteiger charge is 2.30. The standard InChI is InChI=1S/C26H36N6O/c1-3-4-14-27-26-28-17-22-24(30-32(25(22)29-26)19-9-6-5-7-10-19)21-13-12-20(16-18(21)2)31-15-8-11-23(31)33/h12-13,17-19H,3-11,14-16H2,1-2H3,(H,27,28,29). The Kier molecular flexibility index (Phi) is 6.47. The molecule has 3 heterocycles. The summed E-state index contributed by atoms with van der Waals surface area (Å²) in [7, 11) is 0. The van der Waals surface area contributed by atoms with Gasteiger partial charge in [0.15, 0.2) is 5.65 Å². The van der Waals surface area contributed by atoms with Gasteiger partial charge >= 0.3 is 0 Å². The van der Waals surface area contributed by atoms with E-state index < -0.39 is 0 Å². The lowest BCUT2D eigenvalue weighted by Gasteiger charge is -2.27. The van der Waals surface area contributed by atoms with E-state index in [1.165, 1.54) is 24.8 Å². The van der Waals surface area contributed by atoms with Crippen molar-refractivity contribution in [2.45, 2.75) is 84.1 Å². The van der Waals surface area contributed by atoms with Crippen LogP contribution in [0.5, 0.6) is 0 Å². The summed E-state index contributed by atoms with van der Waals surface area (Å²) >= 11 is 0. The molecule has 2 aliphatic carbocycles.